The topological polar surface area (TPSA) is 72.7 Å². The SMILES string of the molecule is CN1C(=CC=CC=CC=CC2=[N+](C)c3ccccc3C2(C)C)C(C)(C)c2ccccc21.COS(=O)(=O)[O-]. The van der Waals surface area contributed by atoms with Crippen LogP contribution in [0.4, 0.5) is 11.4 Å². The normalized spacial score (nSPS) is 19.1. The fraction of sp³-hybridized carbons (Fsp3) is 0.300. The molecule has 0 amide bonds. The van der Waals surface area contributed by atoms with Crippen molar-refractivity contribution in [3.05, 3.63) is 108 Å². The van der Waals surface area contributed by atoms with Gasteiger partial charge in [-0.3, -0.25) is 4.18 Å². The molecule has 2 aliphatic heterocycles. The van der Waals surface area contributed by atoms with E-state index in [1.165, 1.54) is 33.9 Å². The molecule has 0 fully saturated rings. The van der Waals surface area contributed by atoms with Gasteiger partial charge in [0.15, 0.2) is 5.71 Å². The van der Waals surface area contributed by atoms with Gasteiger partial charge >= 0.3 is 0 Å². The zero-order chi connectivity index (χ0) is 27.4. The molecule has 0 aliphatic carbocycles. The molecule has 0 aromatic heterocycles. The van der Waals surface area contributed by atoms with Crippen LogP contribution in [0.1, 0.15) is 38.8 Å². The predicted octanol–water partition coefficient (Wildman–Crippen LogP) is 5.77. The Morgan fingerprint density at radius 2 is 1.41 bits per heavy atom. The summed E-state index contributed by atoms with van der Waals surface area (Å²) < 4.78 is 33.3. The van der Waals surface area contributed by atoms with Gasteiger partial charge < -0.3 is 9.45 Å². The Bertz CT molecular complexity index is 1410. The van der Waals surface area contributed by atoms with Crippen LogP contribution in [-0.2, 0) is 25.4 Å². The molecular weight excluding hydrogens is 484 g/mol. The molecule has 6 nitrogen and oxygen atoms in total. The van der Waals surface area contributed by atoms with Crippen molar-refractivity contribution in [2.75, 3.05) is 26.1 Å². The van der Waals surface area contributed by atoms with Crippen LogP contribution in [0.5, 0.6) is 0 Å². The molecule has 0 bridgehead atoms. The lowest BCUT2D eigenvalue weighted by Crippen LogP contribution is -2.26. The maximum Gasteiger partial charge on any atom is 0.217 e. The summed E-state index contributed by atoms with van der Waals surface area (Å²) in [6, 6.07) is 17.3. The second-order valence-electron chi connectivity index (χ2n) is 10.0. The first-order chi connectivity index (χ1) is 17.3. The van der Waals surface area contributed by atoms with Crippen LogP contribution in [-0.4, -0.2) is 44.5 Å². The molecular formula is C30H36N2O4S. The first-order valence-electron chi connectivity index (χ1n) is 12.1. The number of hydrogen-bond donors (Lipinski definition) is 0. The molecule has 0 spiro atoms. The highest BCUT2D eigenvalue weighted by Gasteiger charge is 2.42. The average molecular weight is 521 g/mol. The van der Waals surface area contributed by atoms with Crippen molar-refractivity contribution < 1.29 is 21.7 Å². The van der Waals surface area contributed by atoms with Crippen molar-refractivity contribution in [2.24, 2.45) is 0 Å². The van der Waals surface area contributed by atoms with Crippen LogP contribution in [0.3, 0.4) is 0 Å². The Morgan fingerprint density at radius 3 is 2.00 bits per heavy atom. The molecule has 0 atom stereocenters. The zero-order valence-corrected chi connectivity index (χ0v) is 23.4. The fourth-order valence-electron chi connectivity index (χ4n) is 5.09. The van der Waals surface area contributed by atoms with Crippen molar-refractivity contribution in [1.29, 1.82) is 0 Å². The molecule has 37 heavy (non-hydrogen) atoms. The Morgan fingerprint density at radius 1 is 0.865 bits per heavy atom. The van der Waals surface area contributed by atoms with E-state index in [4.69, 9.17) is 0 Å². The highest BCUT2D eigenvalue weighted by molar-refractivity contribution is 7.80. The van der Waals surface area contributed by atoms with E-state index in [0.29, 0.717) is 0 Å². The van der Waals surface area contributed by atoms with Crippen LogP contribution >= 0.6 is 0 Å². The molecule has 0 saturated heterocycles. The molecule has 0 N–H and O–H groups in total. The van der Waals surface area contributed by atoms with Gasteiger partial charge in [-0.2, -0.15) is 4.58 Å². The fourth-order valence-corrected chi connectivity index (χ4v) is 5.09. The molecule has 2 aliphatic rings. The van der Waals surface area contributed by atoms with Gasteiger partial charge in [0, 0.05) is 41.6 Å². The minimum absolute atomic E-state index is 0.0174. The number of likely N-dealkylation sites (N-methyl/N-ethyl adjacent to an activating group) is 1. The third-order valence-corrected chi connectivity index (χ3v) is 7.45. The molecule has 2 aromatic carbocycles. The number of hydrogen-bond acceptors (Lipinski definition) is 5. The minimum atomic E-state index is -4.41. The van der Waals surface area contributed by atoms with Gasteiger partial charge in [0.05, 0.1) is 12.5 Å². The third-order valence-electron chi connectivity index (χ3n) is 7.04. The summed E-state index contributed by atoms with van der Waals surface area (Å²) in [6.07, 6.45) is 15.0. The maximum absolute atomic E-state index is 9.22. The molecule has 2 heterocycles. The van der Waals surface area contributed by atoms with Crippen molar-refractivity contribution in [1.82, 2.24) is 0 Å². The standard InChI is InChI=1S/C29H33N2.CH4O4S/c1-28(2)22-16-12-14-18-24(22)30(5)26(28)20-10-8-7-9-11-21-27-29(3,4)23-17-13-15-19-25(23)31(27)6;1-5-6(2,3)4/h7-21H,1-6H3;1H3,(H,2,3,4)/q+1;/p-1. The molecule has 0 unspecified atom stereocenters. The first kappa shape index (κ1) is 28.3. The number of benzene rings is 2. The molecule has 4 rings (SSSR count). The Labute approximate surface area is 221 Å². The van der Waals surface area contributed by atoms with Crippen molar-refractivity contribution in [2.45, 2.75) is 38.5 Å². The monoisotopic (exact) mass is 520 g/mol. The van der Waals surface area contributed by atoms with E-state index in [1.54, 1.807) is 0 Å². The van der Waals surface area contributed by atoms with Crippen LogP contribution < -0.4 is 4.90 Å². The summed E-state index contributed by atoms with van der Waals surface area (Å²) in [5, 5.41) is 0. The van der Waals surface area contributed by atoms with E-state index in [0.717, 1.165) is 7.11 Å². The number of nitrogens with zero attached hydrogens (tertiary/aromatic N) is 2. The molecule has 0 saturated carbocycles. The van der Waals surface area contributed by atoms with Crippen LogP contribution in [0.25, 0.3) is 0 Å². The largest absolute Gasteiger partial charge is 0.726 e. The van der Waals surface area contributed by atoms with Crippen molar-refractivity contribution >= 4 is 27.5 Å². The summed E-state index contributed by atoms with van der Waals surface area (Å²) >= 11 is 0. The van der Waals surface area contributed by atoms with Gasteiger partial charge in [-0.15, -0.1) is 0 Å². The summed E-state index contributed by atoms with van der Waals surface area (Å²) in [7, 11) is 0.703. The lowest BCUT2D eigenvalue weighted by Gasteiger charge is -2.23. The zero-order valence-electron chi connectivity index (χ0n) is 22.6. The van der Waals surface area contributed by atoms with E-state index in [9.17, 15) is 13.0 Å². The highest BCUT2D eigenvalue weighted by Crippen LogP contribution is 2.46. The Balaban J connectivity index is 0.000000568. The van der Waals surface area contributed by atoms with Gasteiger partial charge in [0.2, 0.25) is 16.1 Å². The second kappa shape index (κ2) is 11.0. The van der Waals surface area contributed by atoms with Crippen molar-refractivity contribution in [3.63, 3.8) is 0 Å². The van der Waals surface area contributed by atoms with Gasteiger partial charge in [0.1, 0.15) is 7.05 Å². The summed E-state index contributed by atoms with van der Waals surface area (Å²) in [6.45, 7) is 9.18. The number of fused-ring (bicyclic) bond motifs is 2. The first-order valence-corrected chi connectivity index (χ1v) is 13.4. The third kappa shape index (κ3) is 6.01. The van der Waals surface area contributed by atoms with Gasteiger partial charge in [-0.25, -0.2) is 8.42 Å². The van der Waals surface area contributed by atoms with Crippen LogP contribution in [0.15, 0.2) is 96.8 Å². The summed E-state index contributed by atoms with van der Waals surface area (Å²) in [5.41, 5.74) is 8.04. The molecule has 2 aromatic rings. The summed E-state index contributed by atoms with van der Waals surface area (Å²) in [5.74, 6) is 0. The van der Waals surface area contributed by atoms with Gasteiger partial charge in [-0.1, -0.05) is 80.6 Å². The predicted molar refractivity (Wildman–Crippen MR) is 150 cm³/mol. The Kier molecular flexibility index (Phi) is 8.42. The lowest BCUT2D eigenvalue weighted by atomic mass is 9.81. The van der Waals surface area contributed by atoms with Gasteiger partial charge in [-0.05, 0) is 31.6 Å². The quantitative estimate of drug-likeness (QED) is 0.217. The van der Waals surface area contributed by atoms with Crippen molar-refractivity contribution in [3.8, 4) is 0 Å². The summed E-state index contributed by atoms with van der Waals surface area (Å²) in [4.78, 5) is 2.30. The number of rotatable bonds is 5. The highest BCUT2D eigenvalue weighted by atomic mass is 32.3. The van der Waals surface area contributed by atoms with E-state index < -0.39 is 10.4 Å². The Hall–Kier alpha value is -3.26. The van der Waals surface area contributed by atoms with E-state index in [-0.39, 0.29) is 10.8 Å². The van der Waals surface area contributed by atoms with E-state index >= 15 is 0 Å². The van der Waals surface area contributed by atoms with E-state index in [2.05, 4.69) is 147 Å². The number of anilines is 1. The lowest BCUT2D eigenvalue weighted by molar-refractivity contribution is -0.401. The minimum Gasteiger partial charge on any atom is -0.726 e. The van der Waals surface area contributed by atoms with Crippen LogP contribution in [0.2, 0.25) is 0 Å². The molecule has 7 heteroatoms. The number of allylic oxidation sites excluding steroid dienone is 8. The van der Waals surface area contributed by atoms with E-state index in [1.807, 2.05) is 0 Å². The molecule has 0 radical (unpaired) electrons. The number of para-hydroxylation sites is 2. The van der Waals surface area contributed by atoms with Crippen LogP contribution in [0, 0.1) is 0 Å². The molecule has 196 valence electrons. The smallest absolute Gasteiger partial charge is 0.217 e. The maximum atomic E-state index is 9.22. The van der Waals surface area contributed by atoms with Gasteiger partial charge in [0.25, 0.3) is 0 Å². The second-order valence-corrected chi connectivity index (χ2v) is 11.2. The average Bonchev–Trinajstić information content (AvgIpc) is 3.17.